The molecule has 0 aliphatic rings. The summed E-state index contributed by atoms with van der Waals surface area (Å²) in [5.41, 5.74) is -2.25. The highest BCUT2D eigenvalue weighted by Gasteiger charge is 2.28. The Bertz CT molecular complexity index is 892. The first kappa shape index (κ1) is 18.7. The first-order chi connectivity index (χ1) is 11.8. The molecule has 134 valence electrons. The van der Waals surface area contributed by atoms with Gasteiger partial charge in [0.05, 0.1) is 5.54 Å². The van der Waals surface area contributed by atoms with Gasteiger partial charge in [-0.05, 0) is 25.5 Å². The van der Waals surface area contributed by atoms with E-state index >= 15 is 0 Å². The second-order valence-electron chi connectivity index (χ2n) is 5.86. The van der Waals surface area contributed by atoms with Crippen molar-refractivity contribution in [1.29, 1.82) is 0 Å². The van der Waals surface area contributed by atoms with Crippen molar-refractivity contribution in [3.05, 3.63) is 56.0 Å². The lowest BCUT2D eigenvalue weighted by atomic mass is 9.99. The molecule has 2 N–H and O–H groups in total. The first-order valence-electron chi connectivity index (χ1n) is 7.61. The summed E-state index contributed by atoms with van der Waals surface area (Å²) in [4.78, 5) is 41.8. The summed E-state index contributed by atoms with van der Waals surface area (Å²) in [7, 11) is 1.44. The summed E-state index contributed by atoms with van der Waals surface area (Å²) in [5, 5.41) is 3.13. The number of pyridine rings is 1. The van der Waals surface area contributed by atoms with Gasteiger partial charge in [-0.3, -0.25) is 14.6 Å². The largest absolute Gasteiger partial charge is 0.474 e. The second kappa shape index (κ2) is 7.52. The number of nitrogens with zero attached hydrogens (tertiary/aromatic N) is 2. The van der Waals surface area contributed by atoms with Crippen molar-refractivity contribution in [3.8, 4) is 5.88 Å². The lowest BCUT2D eigenvalue weighted by Crippen LogP contribution is -2.51. The maximum atomic E-state index is 12.4. The number of hydrogen-bond donors (Lipinski definition) is 2. The van der Waals surface area contributed by atoms with Crippen molar-refractivity contribution in [2.24, 2.45) is 7.05 Å². The number of halogens is 1. The van der Waals surface area contributed by atoms with Crippen molar-refractivity contribution >= 4 is 17.5 Å². The number of H-pyrrole nitrogens is 1. The molecule has 0 saturated carbocycles. The van der Waals surface area contributed by atoms with Crippen LogP contribution in [0.25, 0.3) is 0 Å². The van der Waals surface area contributed by atoms with Gasteiger partial charge in [-0.2, -0.15) is 0 Å². The maximum absolute atomic E-state index is 12.4. The first-order valence-corrected chi connectivity index (χ1v) is 7.99. The van der Waals surface area contributed by atoms with Gasteiger partial charge < -0.3 is 14.6 Å². The molecule has 2 heterocycles. The van der Waals surface area contributed by atoms with Crippen LogP contribution in [0.15, 0.2) is 34.1 Å². The van der Waals surface area contributed by atoms with Gasteiger partial charge in [0, 0.05) is 19.4 Å². The number of ether oxygens (including phenoxy) is 1. The highest BCUT2D eigenvalue weighted by molar-refractivity contribution is 6.31. The SMILES string of the molecule is CCC(C)(COc1ncccc1Cl)NC(=O)c1cn(C)c(=O)[nH]c1=O. The molecule has 2 rings (SSSR count). The molecule has 1 amide bonds. The van der Waals surface area contributed by atoms with E-state index in [1.807, 2.05) is 6.92 Å². The number of aromatic amines is 1. The Morgan fingerprint density at radius 3 is 2.84 bits per heavy atom. The average Bonchev–Trinajstić information content (AvgIpc) is 2.57. The van der Waals surface area contributed by atoms with Crippen molar-refractivity contribution in [2.75, 3.05) is 6.61 Å². The molecule has 0 spiro atoms. The van der Waals surface area contributed by atoms with E-state index in [-0.39, 0.29) is 18.1 Å². The number of carbonyl (C=O) groups excluding carboxylic acids is 1. The molecule has 0 aromatic carbocycles. The fraction of sp³-hybridized carbons (Fsp3) is 0.375. The summed E-state index contributed by atoms with van der Waals surface area (Å²) in [5.74, 6) is -0.338. The van der Waals surface area contributed by atoms with Crippen molar-refractivity contribution < 1.29 is 9.53 Å². The third-order valence-electron chi connectivity index (χ3n) is 3.80. The Kier molecular flexibility index (Phi) is 5.63. The monoisotopic (exact) mass is 366 g/mol. The number of aryl methyl sites for hydroxylation is 1. The predicted molar refractivity (Wildman–Crippen MR) is 93.2 cm³/mol. The number of nitrogens with one attached hydrogen (secondary N) is 2. The van der Waals surface area contributed by atoms with Crippen LogP contribution in [0.1, 0.15) is 30.6 Å². The Labute approximate surface area is 148 Å². The average molecular weight is 367 g/mol. The highest BCUT2D eigenvalue weighted by atomic mass is 35.5. The molecule has 0 bridgehead atoms. The Hall–Kier alpha value is -2.61. The van der Waals surface area contributed by atoms with Gasteiger partial charge in [0.1, 0.15) is 17.2 Å². The predicted octanol–water partition coefficient (Wildman–Crippen LogP) is 1.10. The van der Waals surface area contributed by atoms with E-state index in [0.29, 0.717) is 11.4 Å². The Balaban J connectivity index is 2.16. The van der Waals surface area contributed by atoms with E-state index in [4.69, 9.17) is 16.3 Å². The number of rotatable bonds is 6. The number of amides is 1. The minimum atomic E-state index is -0.765. The normalized spacial score (nSPS) is 13.1. The standard InChI is InChI=1S/C16H19ClN4O4/c1-4-16(2,9-25-14-11(17)6-5-7-18-14)20-13(23)10-8-21(3)15(24)19-12(10)22/h5-8H,4,9H2,1-3H3,(H,20,23)(H,19,22,24). The van der Waals surface area contributed by atoms with Gasteiger partial charge in [0.25, 0.3) is 11.5 Å². The molecule has 2 aromatic heterocycles. The number of hydrogen-bond acceptors (Lipinski definition) is 5. The van der Waals surface area contributed by atoms with Gasteiger partial charge in [0.2, 0.25) is 5.88 Å². The maximum Gasteiger partial charge on any atom is 0.328 e. The number of carbonyl (C=O) groups is 1. The van der Waals surface area contributed by atoms with Gasteiger partial charge >= 0.3 is 5.69 Å². The lowest BCUT2D eigenvalue weighted by Gasteiger charge is -2.29. The minimum Gasteiger partial charge on any atom is -0.474 e. The van der Waals surface area contributed by atoms with Crippen LogP contribution < -0.4 is 21.3 Å². The van der Waals surface area contributed by atoms with E-state index in [2.05, 4.69) is 15.3 Å². The van der Waals surface area contributed by atoms with E-state index in [1.54, 1.807) is 25.3 Å². The molecule has 8 nitrogen and oxygen atoms in total. The molecule has 25 heavy (non-hydrogen) atoms. The molecule has 1 unspecified atom stereocenters. The Morgan fingerprint density at radius 1 is 1.48 bits per heavy atom. The smallest absolute Gasteiger partial charge is 0.328 e. The van der Waals surface area contributed by atoms with Crippen LogP contribution in [-0.2, 0) is 7.05 Å². The highest BCUT2D eigenvalue weighted by Crippen LogP contribution is 2.22. The van der Waals surface area contributed by atoms with E-state index in [9.17, 15) is 14.4 Å². The molecular formula is C16H19ClN4O4. The zero-order chi connectivity index (χ0) is 18.6. The fourth-order valence-corrected chi connectivity index (χ4v) is 2.17. The van der Waals surface area contributed by atoms with Crippen LogP contribution in [0.4, 0.5) is 0 Å². The van der Waals surface area contributed by atoms with Crippen molar-refractivity contribution in [1.82, 2.24) is 19.9 Å². The quantitative estimate of drug-likeness (QED) is 0.796. The summed E-state index contributed by atoms with van der Waals surface area (Å²) in [6, 6.07) is 3.33. The van der Waals surface area contributed by atoms with E-state index in [1.165, 1.54) is 13.2 Å². The van der Waals surface area contributed by atoms with Crippen LogP contribution in [0.5, 0.6) is 5.88 Å². The minimum absolute atomic E-state index is 0.107. The summed E-state index contributed by atoms with van der Waals surface area (Å²) in [6.07, 6.45) is 3.28. The van der Waals surface area contributed by atoms with E-state index < -0.39 is 22.7 Å². The van der Waals surface area contributed by atoms with Crippen LogP contribution in [0.3, 0.4) is 0 Å². The molecule has 0 aliphatic heterocycles. The zero-order valence-corrected chi connectivity index (χ0v) is 14.9. The van der Waals surface area contributed by atoms with Crippen LogP contribution >= 0.6 is 11.6 Å². The Morgan fingerprint density at radius 2 is 2.20 bits per heavy atom. The molecule has 0 saturated heterocycles. The molecule has 0 fully saturated rings. The molecule has 2 aromatic rings. The number of aromatic nitrogens is 3. The third kappa shape index (κ3) is 4.48. The van der Waals surface area contributed by atoms with Crippen molar-refractivity contribution in [2.45, 2.75) is 25.8 Å². The van der Waals surface area contributed by atoms with Crippen LogP contribution in [0.2, 0.25) is 5.02 Å². The van der Waals surface area contributed by atoms with Gasteiger partial charge in [0.15, 0.2) is 0 Å². The van der Waals surface area contributed by atoms with Crippen molar-refractivity contribution in [3.63, 3.8) is 0 Å². The van der Waals surface area contributed by atoms with Gasteiger partial charge in [-0.1, -0.05) is 18.5 Å². The molecular weight excluding hydrogens is 348 g/mol. The van der Waals surface area contributed by atoms with Gasteiger partial charge in [-0.15, -0.1) is 0 Å². The van der Waals surface area contributed by atoms with Crippen LogP contribution in [0, 0.1) is 0 Å². The molecule has 1 atom stereocenters. The molecule has 9 heteroatoms. The zero-order valence-electron chi connectivity index (χ0n) is 14.1. The summed E-state index contributed by atoms with van der Waals surface area (Å²) >= 11 is 6.00. The van der Waals surface area contributed by atoms with Gasteiger partial charge in [-0.25, -0.2) is 9.78 Å². The van der Waals surface area contributed by atoms with E-state index in [0.717, 1.165) is 4.57 Å². The molecule has 0 radical (unpaired) electrons. The van der Waals surface area contributed by atoms with Crippen LogP contribution in [-0.4, -0.2) is 32.6 Å². The summed E-state index contributed by atoms with van der Waals surface area (Å²) in [6.45, 7) is 3.75. The summed E-state index contributed by atoms with van der Waals surface area (Å²) < 4.78 is 6.73. The third-order valence-corrected chi connectivity index (χ3v) is 4.09. The fourth-order valence-electron chi connectivity index (χ4n) is 2.00. The second-order valence-corrected chi connectivity index (χ2v) is 6.27. The molecule has 0 aliphatic carbocycles. The lowest BCUT2D eigenvalue weighted by molar-refractivity contribution is 0.0857. The topological polar surface area (TPSA) is 106 Å².